The molecule has 1 fully saturated rings. The number of carbonyl (C=O) groups is 1. The maximum atomic E-state index is 12.3. The van der Waals surface area contributed by atoms with Crippen LogP contribution in [0.1, 0.15) is 18.5 Å². The fourth-order valence-electron chi connectivity index (χ4n) is 2.34. The van der Waals surface area contributed by atoms with Gasteiger partial charge in [0, 0.05) is 24.8 Å². The molecule has 7 nitrogen and oxygen atoms in total. The second-order valence-electron chi connectivity index (χ2n) is 5.27. The quantitative estimate of drug-likeness (QED) is 0.843. The zero-order valence-electron chi connectivity index (χ0n) is 12.2. The highest BCUT2D eigenvalue weighted by atomic mass is 16.3. The number of hydrogen-bond donors (Lipinski definition) is 2. The van der Waals surface area contributed by atoms with Gasteiger partial charge >= 0.3 is 6.03 Å². The van der Waals surface area contributed by atoms with Crippen LogP contribution in [0.15, 0.2) is 36.7 Å². The summed E-state index contributed by atoms with van der Waals surface area (Å²) < 4.78 is 1.70. The Hall–Kier alpha value is -2.41. The van der Waals surface area contributed by atoms with Crippen LogP contribution in [0.2, 0.25) is 0 Å². The molecule has 0 radical (unpaired) electrons. The summed E-state index contributed by atoms with van der Waals surface area (Å²) in [5.41, 5.74) is 0.871. The summed E-state index contributed by atoms with van der Waals surface area (Å²) in [6.45, 7) is 0.814. The number of aliphatic hydroxyl groups is 1. The minimum absolute atomic E-state index is 0.0306. The number of hydrogen-bond acceptors (Lipinski definition) is 4. The summed E-state index contributed by atoms with van der Waals surface area (Å²) in [6.07, 6.45) is 5.38. The van der Waals surface area contributed by atoms with Crippen LogP contribution < -0.4 is 5.32 Å². The van der Waals surface area contributed by atoms with Gasteiger partial charge in [-0.15, -0.1) is 0 Å². The van der Waals surface area contributed by atoms with E-state index in [1.807, 2.05) is 18.2 Å². The molecule has 1 saturated carbocycles. The number of aliphatic hydroxyl groups excluding tert-OH is 1. The SMILES string of the molecule is O=C(Nc1ccnn1Cc1ccccn1)N(CCO)C1CC1. The lowest BCUT2D eigenvalue weighted by Crippen LogP contribution is -2.39. The van der Waals surface area contributed by atoms with E-state index in [1.165, 1.54) is 0 Å². The molecule has 1 aliphatic rings. The Morgan fingerprint density at radius 2 is 2.23 bits per heavy atom. The van der Waals surface area contributed by atoms with E-state index in [-0.39, 0.29) is 18.7 Å². The van der Waals surface area contributed by atoms with Crippen molar-refractivity contribution in [2.45, 2.75) is 25.4 Å². The van der Waals surface area contributed by atoms with Crippen molar-refractivity contribution < 1.29 is 9.90 Å². The fourth-order valence-corrected chi connectivity index (χ4v) is 2.34. The first kappa shape index (κ1) is 14.5. The lowest BCUT2D eigenvalue weighted by molar-refractivity contribution is 0.185. The number of nitrogens with zero attached hydrogens (tertiary/aromatic N) is 4. The van der Waals surface area contributed by atoms with Gasteiger partial charge in [0.25, 0.3) is 0 Å². The Balaban J connectivity index is 1.68. The molecule has 3 rings (SSSR count). The van der Waals surface area contributed by atoms with Crippen molar-refractivity contribution in [1.82, 2.24) is 19.7 Å². The second-order valence-corrected chi connectivity index (χ2v) is 5.27. The molecule has 0 spiro atoms. The monoisotopic (exact) mass is 301 g/mol. The van der Waals surface area contributed by atoms with Crippen LogP contribution >= 0.6 is 0 Å². The molecule has 116 valence electrons. The number of anilines is 1. The fraction of sp³-hybridized carbons (Fsp3) is 0.400. The number of carbonyl (C=O) groups excluding carboxylic acids is 1. The predicted octanol–water partition coefficient (Wildman–Crippen LogP) is 1.31. The molecule has 7 heteroatoms. The van der Waals surface area contributed by atoms with Gasteiger partial charge in [0.1, 0.15) is 5.82 Å². The Morgan fingerprint density at radius 1 is 1.36 bits per heavy atom. The van der Waals surface area contributed by atoms with E-state index in [2.05, 4.69) is 15.4 Å². The molecule has 2 heterocycles. The molecule has 0 aromatic carbocycles. The lowest BCUT2D eigenvalue weighted by atomic mass is 10.3. The van der Waals surface area contributed by atoms with Crippen molar-refractivity contribution in [3.05, 3.63) is 42.4 Å². The molecule has 2 amide bonds. The summed E-state index contributed by atoms with van der Waals surface area (Å²) in [4.78, 5) is 18.3. The first-order valence-corrected chi connectivity index (χ1v) is 7.38. The number of aromatic nitrogens is 3. The van der Waals surface area contributed by atoms with Crippen LogP contribution in [0.25, 0.3) is 0 Å². The van der Waals surface area contributed by atoms with Gasteiger partial charge in [-0.3, -0.25) is 10.3 Å². The van der Waals surface area contributed by atoms with Crippen molar-refractivity contribution in [3.63, 3.8) is 0 Å². The highest BCUT2D eigenvalue weighted by Gasteiger charge is 2.32. The van der Waals surface area contributed by atoms with E-state index in [1.54, 1.807) is 28.0 Å². The van der Waals surface area contributed by atoms with Crippen LogP contribution in [-0.2, 0) is 6.54 Å². The first-order valence-electron chi connectivity index (χ1n) is 7.38. The maximum Gasteiger partial charge on any atom is 0.323 e. The van der Waals surface area contributed by atoms with Gasteiger partial charge in [0.15, 0.2) is 0 Å². The van der Waals surface area contributed by atoms with Gasteiger partial charge in [-0.05, 0) is 25.0 Å². The summed E-state index contributed by atoms with van der Waals surface area (Å²) in [5.74, 6) is 0.624. The van der Waals surface area contributed by atoms with Gasteiger partial charge < -0.3 is 10.0 Å². The summed E-state index contributed by atoms with van der Waals surface area (Å²) in [6, 6.07) is 7.50. The predicted molar refractivity (Wildman–Crippen MR) is 81.4 cm³/mol. The third-order valence-electron chi connectivity index (χ3n) is 3.58. The molecular formula is C15H19N5O2. The molecule has 0 saturated heterocycles. The van der Waals surface area contributed by atoms with Crippen LogP contribution in [0.5, 0.6) is 0 Å². The number of rotatable bonds is 6. The average Bonchev–Trinajstić information content (AvgIpc) is 3.28. The average molecular weight is 301 g/mol. The van der Waals surface area contributed by atoms with E-state index in [0.717, 1.165) is 18.5 Å². The molecule has 22 heavy (non-hydrogen) atoms. The summed E-state index contributed by atoms with van der Waals surface area (Å²) in [5, 5.41) is 16.2. The minimum atomic E-state index is -0.195. The standard InChI is InChI=1S/C15H19N5O2/c21-10-9-19(13-4-5-13)15(22)18-14-6-8-17-20(14)11-12-3-1-2-7-16-12/h1-3,6-8,13,21H,4-5,9-11H2,(H,18,22). The maximum absolute atomic E-state index is 12.3. The van der Waals surface area contributed by atoms with Gasteiger partial charge in [0.05, 0.1) is 25.0 Å². The number of amides is 2. The van der Waals surface area contributed by atoms with Crippen molar-refractivity contribution in [2.75, 3.05) is 18.5 Å². The van der Waals surface area contributed by atoms with Gasteiger partial charge in [-0.1, -0.05) is 6.07 Å². The van der Waals surface area contributed by atoms with Crippen molar-refractivity contribution in [2.24, 2.45) is 0 Å². The third-order valence-corrected chi connectivity index (χ3v) is 3.58. The van der Waals surface area contributed by atoms with E-state index < -0.39 is 0 Å². The molecule has 0 aliphatic heterocycles. The second kappa shape index (κ2) is 6.57. The zero-order valence-corrected chi connectivity index (χ0v) is 12.2. The van der Waals surface area contributed by atoms with Crippen LogP contribution in [0.4, 0.5) is 10.6 Å². The minimum Gasteiger partial charge on any atom is -0.395 e. The highest BCUT2D eigenvalue weighted by molar-refractivity contribution is 5.88. The summed E-state index contributed by atoms with van der Waals surface area (Å²) >= 11 is 0. The van der Waals surface area contributed by atoms with Crippen LogP contribution in [-0.4, -0.2) is 50.0 Å². The van der Waals surface area contributed by atoms with Crippen molar-refractivity contribution in [1.29, 1.82) is 0 Å². The van der Waals surface area contributed by atoms with E-state index in [0.29, 0.717) is 18.9 Å². The molecular weight excluding hydrogens is 282 g/mol. The van der Waals surface area contributed by atoms with E-state index >= 15 is 0 Å². The van der Waals surface area contributed by atoms with Gasteiger partial charge in [-0.2, -0.15) is 5.10 Å². The Kier molecular flexibility index (Phi) is 4.34. The largest absolute Gasteiger partial charge is 0.395 e. The Labute approximate surface area is 128 Å². The van der Waals surface area contributed by atoms with Gasteiger partial charge in [0.2, 0.25) is 0 Å². The van der Waals surface area contributed by atoms with E-state index in [9.17, 15) is 4.79 Å². The molecule has 0 bridgehead atoms. The third kappa shape index (κ3) is 3.43. The lowest BCUT2D eigenvalue weighted by Gasteiger charge is -2.21. The van der Waals surface area contributed by atoms with E-state index in [4.69, 9.17) is 5.11 Å². The van der Waals surface area contributed by atoms with Crippen LogP contribution in [0.3, 0.4) is 0 Å². The summed E-state index contributed by atoms with van der Waals surface area (Å²) in [7, 11) is 0. The Bertz CT molecular complexity index is 624. The first-order chi connectivity index (χ1) is 10.8. The Morgan fingerprint density at radius 3 is 2.91 bits per heavy atom. The zero-order chi connectivity index (χ0) is 15.4. The van der Waals surface area contributed by atoms with Gasteiger partial charge in [-0.25, -0.2) is 9.48 Å². The molecule has 1 aliphatic carbocycles. The number of nitrogens with one attached hydrogen (secondary N) is 1. The normalized spacial score (nSPS) is 13.9. The topological polar surface area (TPSA) is 83.3 Å². The van der Waals surface area contributed by atoms with Crippen molar-refractivity contribution in [3.8, 4) is 0 Å². The molecule has 2 N–H and O–H groups in total. The number of urea groups is 1. The van der Waals surface area contributed by atoms with Crippen LogP contribution in [0, 0.1) is 0 Å². The molecule has 2 aromatic heterocycles. The highest BCUT2D eigenvalue weighted by Crippen LogP contribution is 2.27. The molecule has 0 atom stereocenters. The van der Waals surface area contributed by atoms with Crippen molar-refractivity contribution >= 4 is 11.8 Å². The molecule has 0 unspecified atom stereocenters. The molecule has 2 aromatic rings. The smallest absolute Gasteiger partial charge is 0.323 e. The number of pyridine rings is 1.